The predicted molar refractivity (Wildman–Crippen MR) is 91.8 cm³/mol. The van der Waals surface area contributed by atoms with Gasteiger partial charge in [-0.25, -0.2) is 0 Å². The van der Waals surface area contributed by atoms with E-state index in [1.54, 1.807) is 0 Å². The number of benzene rings is 1. The third kappa shape index (κ3) is 3.09. The molecular formula is C19H28N2O2. The van der Waals surface area contributed by atoms with Gasteiger partial charge in [0.15, 0.2) is 0 Å². The quantitative estimate of drug-likeness (QED) is 0.866. The zero-order valence-electron chi connectivity index (χ0n) is 14.4. The number of hydrogen-bond donors (Lipinski definition) is 1. The molecule has 126 valence electrons. The predicted octanol–water partition coefficient (Wildman–Crippen LogP) is 2.62. The number of nitrogens with zero attached hydrogens (tertiary/aromatic N) is 2. The van der Waals surface area contributed by atoms with Crippen molar-refractivity contribution < 1.29 is 9.94 Å². The van der Waals surface area contributed by atoms with Gasteiger partial charge in [0, 0.05) is 24.5 Å². The third-order valence-corrected chi connectivity index (χ3v) is 4.91. The van der Waals surface area contributed by atoms with Crippen LogP contribution < -0.4 is 0 Å². The van der Waals surface area contributed by atoms with Gasteiger partial charge in [-0.1, -0.05) is 36.4 Å². The molecule has 4 heteroatoms. The standard InChI is InChI=1S/C19H28N2O2/c1-5-11-20-12-15-13-23-21(19(2,3)4)16(15)17(20)18(22)14-9-7-6-8-10-14/h5-10,15-18,22H,1,11-13H2,2-4H3/t15-,16+,17+,18+/m1/s1. The van der Waals surface area contributed by atoms with E-state index in [1.165, 1.54) is 0 Å². The average Bonchev–Trinajstić information content (AvgIpc) is 3.05. The van der Waals surface area contributed by atoms with E-state index in [0.29, 0.717) is 5.92 Å². The largest absolute Gasteiger partial charge is 0.387 e. The summed E-state index contributed by atoms with van der Waals surface area (Å²) in [7, 11) is 0. The average molecular weight is 316 g/mol. The molecule has 4 atom stereocenters. The van der Waals surface area contributed by atoms with Crippen molar-refractivity contribution in [3.05, 3.63) is 48.6 Å². The van der Waals surface area contributed by atoms with E-state index in [1.807, 2.05) is 36.4 Å². The lowest BCUT2D eigenvalue weighted by Crippen LogP contribution is -2.52. The lowest BCUT2D eigenvalue weighted by molar-refractivity contribution is -0.201. The molecule has 2 heterocycles. The molecule has 0 spiro atoms. The van der Waals surface area contributed by atoms with Crippen molar-refractivity contribution in [3.63, 3.8) is 0 Å². The highest BCUT2D eigenvalue weighted by Gasteiger charge is 2.54. The van der Waals surface area contributed by atoms with Crippen molar-refractivity contribution in [2.75, 3.05) is 19.7 Å². The number of rotatable bonds is 4. The fraction of sp³-hybridized carbons (Fsp3) is 0.579. The maximum Gasteiger partial charge on any atom is 0.0961 e. The first kappa shape index (κ1) is 16.7. The number of aliphatic hydroxyl groups is 1. The highest BCUT2D eigenvalue weighted by atomic mass is 16.7. The number of likely N-dealkylation sites (tertiary alicyclic amines) is 1. The lowest BCUT2D eigenvalue weighted by Gasteiger charge is -2.40. The van der Waals surface area contributed by atoms with E-state index < -0.39 is 6.10 Å². The van der Waals surface area contributed by atoms with Crippen LogP contribution in [0.15, 0.2) is 43.0 Å². The molecule has 1 N–H and O–H groups in total. The van der Waals surface area contributed by atoms with Crippen molar-refractivity contribution in [3.8, 4) is 0 Å². The Labute approximate surface area is 139 Å². The topological polar surface area (TPSA) is 35.9 Å². The maximum atomic E-state index is 11.1. The van der Waals surface area contributed by atoms with Crippen LogP contribution in [0.5, 0.6) is 0 Å². The normalized spacial score (nSPS) is 30.3. The van der Waals surface area contributed by atoms with Gasteiger partial charge < -0.3 is 5.11 Å². The summed E-state index contributed by atoms with van der Waals surface area (Å²) in [6.07, 6.45) is 1.39. The van der Waals surface area contributed by atoms with Gasteiger partial charge in [-0.3, -0.25) is 9.74 Å². The monoisotopic (exact) mass is 316 g/mol. The number of hydroxylamine groups is 2. The Hall–Kier alpha value is -1.20. The molecule has 0 bridgehead atoms. The highest BCUT2D eigenvalue weighted by molar-refractivity contribution is 5.21. The summed E-state index contributed by atoms with van der Waals surface area (Å²) in [5.41, 5.74) is 0.881. The van der Waals surface area contributed by atoms with Gasteiger partial charge in [-0.2, -0.15) is 5.06 Å². The van der Waals surface area contributed by atoms with Crippen LogP contribution in [0.2, 0.25) is 0 Å². The molecule has 2 fully saturated rings. The van der Waals surface area contributed by atoms with Crippen LogP contribution in [0.25, 0.3) is 0 Å². The van der Waals surface area contributed by atoms with Crippen LogP contribution in [0.3, 0.4) is 0 Å². The summed E-state index contributed by atoms with van der Waals surface area (Å²) in [4.78, 5) is 8.35. The molecular weight excluding hydrogens is 288 g/mol. The fourth-order valence-electron chi connectivity index (χ4n) is 4.01. The molecule has 0 aromatic heterocycles. The van der Waals surface area contributed by atoms with Gasteiger partial charge in [-0.05, 0) is 26.3 Å². The number of fused-ring (bicyclic) bond motifs is 1. The molecule has 23 heavy (non-hydrogen) atoms. The first-order valence-corrected chi connectivity index (χ1v) is 8.43. The fourth-order valence-corrected chi connectivity index (χ4v) is 4.01. The van der Waals surface area contributed by atoms with Crippen LogP contribution in [0, 0.1) is 5.92 Å². The molecule has 0 radical (unpaired) electrons. The smallest absolute Gasteiger partial charge is 0.0961 e. The summed E-state index contributed by atoms with van der Waals surface area (Å²) in [5, 5.41) is 13.2. The van der Waals surface area contributed by atoms with E-state index in [9.17, 15) is 5.11 Å². The van der Waals surface area contributed by atoms with Crippen molar-refractivity contribution in [1.82, 2.24) is 9.96 Å². The van der Waals surface area contributed by atoms with Gasteiger partial charge in [0.05, 0.1) is 24.8 Å². The molecule has 0 aliphatic carbocycles. The first-order valence-electron chi connectivity index (χ1n) is 8.43. The summed E-state index contributed by atoms with van der Waals surface area (Å²) in [6, 6.07) is 10.2. The molecule has 3 rings (SSSR count). The Morgan fingerprint density at radius 2 is 2.04 bits per heavy atom. The maximum absolute atomic E-state index is 11.1. The van der Waals surface area contributed by atoms with Crippen LogP contribution in [-0.4, -0.2) is 52.4 Å². The van der Waals surface area contributed by atoms with Crippen molar-refractivity contribution in [2.45, 2.75) is 44.5 Å². The third-order valence-electron chi connectivity index (χ3n) is 4.91. The summed E-state index contributed by atoms with van der Waals surface area (Å²) in [6.45, 7) is 12.8. The van der Waals surface area contributed by atoms with Crippen LogP contribution >= 0.6 is 0 Å². The second kappa shape index (κ2) is 6.36. The molecule has 2 saturated heterocycles. The van der Waals surface area contributed by atoms with Crippen LogP contribution in [0.1, 0.15) is 32.4 Å². The van der Waals surface area contributed by atoms with E-state index in [4.69, 9.17) is 4.84 Å². The Balaban J connectivity index is 1.93. The molecule has 0 saturated carbocycles. The molecule has 2 aliphatic rings. The van der Waals surface area contributed by atoms with Crippen molar-refractivity contribution in [2.24, 2.45) is 5.92 Å². The van der Waals surface area contributed by atoms with Gasteiger partial charge in [0.1, 0.15) is 0 Å². The molecule has 0 amide bonds. The van der Waals surface area contributed by atoms with Gasteiger partial charge in [0.2, 0.25) is 0 Å². The minimum Gasteiger partial charge on any atom is -0.387 e. The summed E-state index contributed by atoms with van der Waals surface area (Å²) in [5.74, 6) is 0.428. The number of hydrogen-bond acceptors (Lipinski definition) is 4. The highest BCUT2D eigenvalue weighted by Crippen LogP contribution is 2.42. The van der Waals surface area contributed by atoms with Crippen LogP contribution in [0.4, 0.5) is 0 Å². The van der Waals surface area contributed by atoms with Gasteiger partial charge >= 0.3 is 0 Å². The molecule has 1 aromatic rings. The molecule has 4 nitrogen and oxygen atoms in total. The van der Waals surface area contributed by atoms with Crippen LogP contribution in [-0.2, 0) is 4.84 Å². The van der Waals surface area contributed by atoms with Gasteiger partial charge in [-0.15, -0.1) is 6.58 Å². The zero-order chi connectivity index (χ0) is 16.6. The zero-order valence-corrected chi connectivity index (χ0v) is 14.4. The minimum absolute atomic E-state index is 0.0159. The van der Waals surface area contributed by atoms with Gasteiger partial charge in [0.25, 0.3) is 0 Å². The lowest BCUT2D eigenvalue weighted by atomic mass is 9.90. The molecule has 0 unspecified atom stereocenters. The van der Waals surface area contributed by atoms with Crippen molar-refractivity contribution in [1.29, 1.82) is 0 Å². The second-order valence-corrected chi connectivity index (χ2v) is 7.63. The molecule has 2 aliphatic heterocycles. The Morgan fingerprint density at radius 1 is 1.35 bits per heavy atom. The van der Waals surface area contributed by atoms with E-state index in [-0.39, 0.29) is 17.6 Å². The Kier molecular flexibility index (Phi) is 4.61. The SMILES string of the molecule is C=CCN1C[C@@H]2CON(C(C)(C)C)[C@@H]2[C@H]1[C@@H](O)c1ccccc1. The minimum atomic E-state index is -0.530. The van der Waals surface area contributed by atoms with E-state index >= 15 is 0 Å². The Morgan fingerprint density at radius 3 is 2.65 bits per heavy atom. The summed E-state index contributed by atoms with van der Waals surface area (Å²) < 4.78 is 0. The first-order chi connectivity index (χ1) is 10.9. The Bertz CT molecular complexity index is 540. The van der Waals surface area contributed by atoms with Crippen molar-refractivity contribution >= 4 is 0 Å². The van der Waals surface area contributed by atoms with E-state index in [2.05, 4.69) is 37.3 Å². The number of aliphatic hydroxyl groups excluding tert-OH is 1. The second-order valence-electron chi connectivity index (χ2n) is 7.63. The van der Waals surface area contributed by atoms with E-state index in [0.717, 1.165) is 25.3 Å². The summed E-state index contributed by atoms with van der Waals surface area (Å²) >= 11 is 0. The molecule has 1 aromatic carbocycles.